The van der Waals surface area contributed by atoms with E-state index in [9.17, 15) is 14.4 Å². The number of carbonyl (C=O) groups excluding carboxylic acids is 2. The van der Waals surface area contributed by atoms with Crippen LogP contribution in [0.2, 0.25) is 0 Å². The van der Waals surface area contributed by atoms with E-state index in [0.29, 0.717) is 27.8 Å². The Morgan fingerprint density at radius 2 is 2.03 bits per heavy atom. The number of esters is 1. The number of anilines is 1. The molecule has 30 heavy (non-hydrogen) atoms. The minimum atomic E-state index is -0.559. The van der Waals surface area contributed by atoms with Crippen LogP contribution < -0.4 is 10.9 Å². The van der Waals surface area contributed by atoms with Crippen LogP contribution in [0.5, 0.6) is 0 Å². The average Bonchev–Trinajstić information content (AvgIpc) is 3.17. The number of hydrogen-bond donors (Lipinski definition) is 1. The van der Waals surface area contributed by atoms with E-state index < -0.39 is 5.97 Å². The molecule has 1 aromatic carbocycles. The van der Waals surface area contributed by atoms with E-state index in [1.165, 1.54) is 54.2 Å². The van der Waals surface area contributed by atoms with Gasteiger partial charge >= 0.3 is 5.97 Å². The largest absolute Gasteiger partial charge is 0.456 e. The number of hydrogen-bond acceptors (Lipinski definition) is 7. The summed E-state index contributed by atoms with van der Waals surface area (Å²) in [7, 11) is 0. The molecule has 9 heteroatoms. The highest BCUT2D eigenvalue weighted by atomic mass is 32.1. The van der Waals surface area contributed by atoms with E-state index in [0.717, 1.165) is 17.8 Å². The molecule has 0 aliphatic heterocycles. The summed E-state index contributed by atoms with van der Waals surface area (Å²) < 4.78 is 6.65. The molecule has 0 saturated heterocycles. The topological polar surface area (TPSA) is 103 Å². The molecule has 0 spiro atoms. The molecule has 1 saturated carbocycles. The molecule has 156 valence electrons. The number of carbonyl (C=O) groups is 2. The minimum absolute atomic E-state index is 0.119. The molecule has 0 atom stereocenters. The number of rotatable bonds is 5. The molecule has 8 nitrogen and oxygen atoms in total. The van der Waals surface area contributed by atoms with E-state index >= 15 is 0 Å². The first kappa shape index (κ1) is 20.2. The zero-order chi connectivity index (χ0) is 21.1. The van der Waals surface area contributed by atoms with Gasteiger partial charge in [0.05, 0.1) is 11.3 Å². The van der Waals surface area contributed by atoms with Crippen LogP contribution in [0.15, 0.2) is 35.1 Å². The standard InChI is InChI=1S/C21H22N4O4S/c1-13(26)22-16-9-5-8-15(10-16)20(28)29-12-17-11-18(27)25-21(23-17)30-19(24-25)14-6-3-2-4-7-14/h5,8-11,14H,2-4,6-7,12H2,1H3,(H,22,26). The van der Waals surface area contributed by atoms with E-state index in [1.54, 1.807) is 18.2 Å². The second kappa shape index (κ2) is 8.74. The van der Waals surface area contributed by atoms with Gasteiger partial charge in [-0.3, -0.25) is 9.59 Å². The van der Waals surface area contributed by atoms with Gasteiger partial charge in [-0.1, -0.05) is 36.7 Å². The maximum absolute atomic E-state index is 12.4. The van der Waals surface area contributed by atoms with E-state index in [2.05, 4.69) is 15.4 Å². The van der Waals surface area contributed by atoms with Gasteiger partial charge in [0.25, 0.3) is 5.56 Å². The smallest absolute Gasteiger partial charge is 0.338 e. The predicted molar refractivity (Wildman–Crippen MR) is 113 cm³/mol. The Morgan fingerprint density at radius 3 is 2.80 bits per heavy atom. The Labute approximate surface area is 176 Å². The molecule has 1 fully saturated rings. The third-order valence-electron chi connectivity index (χ3n) is 5.04. The normalized spacial score (nSPS) is 14.6. The summed E-state index contributed by atoms with van der Waals surface area (Å²) in [6.45, 7) is 1.27. The summed E-state index contributed by atoms with van der Waals surface area (Å²) in [6, 6.07) is 7.82. The maximum atomic E-state index is 12.4. The first-order chi connectivity index (χ1) is 14.5. The van der Waals surface area contributed by atoms with E-state index in [-0.39, 0.29) is 18.1 Å². The van der Waals surface area contributed by atoms with E-state index in [4.69, 9.17) is 4.74 Å². The summed E-state index contributed by atoms with van der Waals surface area (Å²) in [4.78, 5) is 41.0. The van der Waals surface area contributed by atoms with Crippen LogP contribution in [-0.2, 0) is 16.1 Å². The summed E-state index contributed by atoms with van der Waals surface area (Å²) in [5, 5.41) is 8.04. The van der Waals surface area contributed by atoms with Crippen LogP contribution in [0.3, 0.4) is 0 Å². The minimum Gasteiger partial charge on any atom is -0.456 e. The van der Waals surface area contributed by atoms with Gasteiger partial charge in [-0.25, -0.2) is 9.78 Å². The highest BCUT2D eigenvalue weighted by molar-refractivity contribution is 7.16. The van der Waals surface area contributed by atoms with Gasteiger partial charge in [0.15, 0.2) is 0 Å². The van der Waals surface area contributed by atoms with Crippen molar-refractivity contribution in [3.8, 4) is 0 Å². The van der Waals surface area contributed by atoms with Crippen molar-refractivity contribution in [1.29, 1.82) is 0 Å². The number of benzene rings is 1. The van der Waals surface area contributed by atoms with Crippen molar-refractivity contribution in [2.24, 2.45) is 0 Å². The molecule has 1 aliphatic carbocycles. The lowest BCUT2D eigenvalue weighted by atomic mass is 9.90. The van der Waals surface area contributed by atoms with Crippen LogP contribution >= 0.6 is 11.3 Å². The summed E-state index contributed by atoms with van der Waals surface area (Å²) in [5.41, 5.74) is 0.910. The molecule has 0 bridgehead atoms. The third-order valence-corrected chi connectivity index (χ3v) is 6.11. The fraction of sp³-hybridized carbons (Fsp3) is 0.381. The molecular weight excluding hydrogens is 404 g/mol. The third kappa shape index (κ3) is 4.56. The van der Waals surface area contributed by atoms with Crippen molar-refractivity contribution >= 4 is 33.9 Å². The van der Waals surface area contributed by atoms with Crippen LogP contribution in [0.4, 0.5) is 5.69 Å². The van der Waals surface area contributed by atoms with Gasteiger partial charge in [0, 0.05) is 24.6 Å². The van der Waals surface area contributed by atoms with Crippen molar-refractivity contribution in [1.82, 2.24) is 14.6 Å². The Bertz CT molecular complexity index is 1150. The zero-order valence-electron chi connectivity index (χ0n) is 16.6. The molecule has 0 radical (unpaired) electrons. The van der Waals surface area contributed by atoms with Crippen LogP contribution in [0.25, 0.3) is 4.96 Å². The highest BCUT2D eigenvalue weighted by Crippen LogP contribution is 2.34. The van der Waals surface area contributed by atoms with Gasteiger partial charge in [-0.15, -0.1) is 0 Å². The molecule has 4 rings (SSSR count). The van der Waals surface area contributed by atoms with Crippen LogP contribution in [-0.4, -0.2) is 26.5 Å². The lowest BCUT2D eigenvalue weighted by Crippen LogP contribution is -2.17. The number of nitrogens with one attached hydrogen (secondary N) is 1. The summed E-state index contributed by atoms with van der Waals surface area (Å²) in [5.74, 6) is -0.394. The Morgan fingerprint density at radius 1 is 1.23 bits per heavy atom. The monoisotopic (exact) mass is 426 g/mol. The second-order valence-electron chi connectivity index (χ2n) is 7.39. The Hall–Kier alpha value is -3.07. The molecule has 1 aliphatic rings. The molecule has 0 unspecified atom stereocenters. The SMILES string of the molecule is CC(=O)Nc1cccc(C(=O)OCc2cc(=O)n3nc(C4CCCCC4)sc3n2)c1. The fourth-order valence-corrected chi connectivity index (χ4v) is 4.70. The van der Waals surface area contributed by atoms with Gasteiger partial charge in [-0.05, 0) is 31.0 Å². The van der Waals surface area contributed by atoms with Gasteiger partial charge in [0.1, 0.15) is 11.6 Å². The van der Waals surface area contributed by atoms with Gasteiger partial charge in [0.2, 0.25) is 10.9 Å². The maximum Gasteiger partial charge on any atom is 0.338 e. The first-order valence-corrected chi connectivity index (χ1v) is 10.8. The molecule has 1 amide bonds. The average molecular weight is 426 g/mol. The number of fused-ring (bicyclic) bond motifs is 1. The van der Waals surface area contributed by atoms with Gasteiger partial charge in [-0.2, -0.15) is 9.61 Å². The van der Waals surface area contributed by atoms with Crippen LogP contribution in [0, 0.1) is 0 Å². The molecule has 2 heterocycles. The summed E-state index contributed by atoms with van der Waals surface area (Å²) >= 11 is 1.43. The predicted octanol–water partition coefficient (Wildman–Crippen LogP) is 3.51. The fourth-order valence-electron chi connectivity index (χ4n) is 3.61. The lowest BCUT2D eigenvalue weighted by molar-refractivity contribution is -0.114. The molecule has 2 aromatic heterocycles. The van der Waals surface area contributed by atoms with E-state index in [1.807, 2.05) is 0 Å². The van der Waals surface area contributed by atoms with Crippen molar-refractivity contribution in [3.63, 3.8) is 0 Å². The first-order valence-electron chi connectivity index (χ1n) is 9.94. The Balaban J connectivity index is 1.48. The number of ether oxygens (including phenoxy) is 1. The second-order valence-corrected chi connectivity index (χ2v) is 8.38. The van der Waals surface area contributed by atoms with Gasteiger partial charge < -0.3 is 10.1 Å². The molecule has 1 N–H and O–H groups in total. The number of nitrogens with zero attached hydrogens (tertiary/aromatic N) is 3. The molecular formula is C21H22N4O4S. The van der Waals surface area contributed by atoms with Crippen molar-refractivity contribution < 1.29 is 14.3 Å². The zero-order valence-corrected chi connectivity index (χ0v) is 17.4. The van der Waals surface area contributed by atoms with Crippen LogP contribution in [0.1, 0.15) is 66.0 Å². The van der Waals surface area contributed by atoms with Crippen molar-refractivity contribution in [3.05, 3.63) is 57.0 Å². The quantitative estimate of drug-likeness (QED) is 0.626. The Kier molecular flexibility index (Phi) is 5.89. The number of amides is 1. The molecule has 3 aromatic rings. The number of aromatic nitrogens is 3. The highest BCUT2D eigenvalue weighted by Gasteiger charge is 2.21. The van der Waals surface area contributed by atoms with Crippen molar-refractivity contribution in [2.75, 3.05) is 5.32 Å². The summed E-state index contributed by atoms with van der Waals surface area (Å²) in [6.07, 6.45) is 5.82. The van der Waals surface area contributed by atoms with Crippen molar-refractivity contribution in [2.45, 2.75) is 51.6 Å². The lowest BCUT2D eigenvalue weighted by Gasteiger charge is -2.18.